The summed E-state index contributed by atoms with van der Waals surface area (Å²) in [7, 11) is 1.97. The monoisotopic (exact) mass is 139 g/mol. The molecular weight excluding hydrogens is 126 g/mol. The van der Waals surface area contributed by atoms with E-state index in [-0.39, 0.29) is 0 Å². The predicted octanol–water partition coefficient (Wildman–Crippen LogP) is 0.0747. The molecule has 1 heterocycles. The molecule has 0 spiro atoms. The van der Waals surface area contributed by atoms with Crippen LogP contribution < -0.4 is 0 Å². The number of likely N-dealkylation sites (tertiary alicyclic amines) is 1. The van der Waals surface area contributed by atoms with Crippen molar-refractivity contribution in [3.05, 3.63) is 0 Å². The van der Waals surface area contributed by atoms with Gasteiger partial charge in [-0.3, -0.25) is 4.90 Å². The van der Waals surface area contributed by atoms with Crippen LogP contribution in [0.1, 0.15) is 13.3 Å². The third kappa shape index (κ3) is 1.16. The number of rotatable bonds is 0. The first-order valence-corrected chi connectivity index (χ1v) is 3.48. The number of terminal acetylenes is 1. The van der Waals surface area contributed by atoms with Crippen LogP contribution in [0.5, 0.6) is 0 Å². The third-order valence-electron chi connectivity index (χ3n) is 2.17. The van der Waals surface area contributed by atoms with Gasteiger partial charge in [0.1, 0.15) is 5.60 Å². The van der Waals surface area contributed by atoms with Crippen molar-refractivity contribution in [1.82, 2.24) is 4.90 Å². The maximum atomic E-state index is 9.56. The predicted molar refractivity (Wildman–Crippen MR) is 40.5 cm³/mol. The molecule has 0 amide bonds. The van der Waals surface area contributed by atoms with E-state index in [0.29, 0.717) is 19.0 Å². The quantitative estimate of drug-likeness (QED) is 0.480. The highest BCUT2D eigenvalue weighted by Gasteiger charge is 2.36. The van der Waals surface area contributed by atoms with E-state index < -0.39 is 5.60 Å². The van der Waals surface area contributed by atoms with Gasteiger partial charge in [0.2, 0.25) is 0 Å². The summed E-state index contributed by atoms with van der Waals surface area (Å²) >= 11 is 0. The average molecular weight is 139 g/mol. The van der Waals surface area contributed by atoms with Gasteiger partial charge < -0.3 is 5.11 Å². The second kappa shape index (κ2) is 2.26. The van der Waals surface area contributed by atoms with Crippen LogP contribution in [0.4, 0.5) is 0 Å². The molecule has 1 rings (SSSR count). The third-order valence-corrected chi connectivity index (χ3v) is 2.17. The van der Waals surface area contributed by atoms with E-state index in [9.17, 15) is 5.11 Å². The lowest BCUT2D eigenvalue weighted by Gasteiger charge is -2.13. The summed E-state index contributed by atoms with van der Waals surface area (Å²) in [6.45, 7) is 2.67. The van der Waals surface area contributed by atoms with E-state index in [0.717, 1.165) is 0 Å². The molecule has 0 aromatic rings. The van der Waals surface area contributed by atoms with Crippen LogP contribution in [-0.4, -0.2) is 35.2 Å². The van der Waals surface area contributed by atoms with Crippen molar-refractivity contribution in [2.75, 3.05) is 13.6 Å². The van der Waals surface area contributed by atoms with Gasteiger partial charge in [0.15, 0.2) is 0 Å². The molecular formula is C8H13NO. The summed E-state index contributed by atoms with van der Waals surface area (Å²) < 4.78 is 0. The molecule has 2 atom stereocenters. The van der Waals surface area contributed by atoms with Crippen LogP contribution in [0.15, 0.2) is 0 Å². The first-order chi connectivity index (χ1) is 4.57. The molecule has 1 saturated heterocycles. The minimum absolute atomic E-state index is 0.404. The number of nitrogens with zero attached hydrogens (tertiary/aromatic N) is 1. The fraction of sp³-hybridized carbons (Fsp3) is 0.750. The smallest absolute Gasteiger partial charge is 0.139 e. The largest absolute Gasteiger partial charge is 0.376 e. The van der Waals surface area contributed by atoms with E-state index in [1.165, 1.54) is 0 Å². The van der Waals surface area contributed by atoms with E-state index in [1.54, 1.807) is 0 Å². The van der Waals surface area contributed by atoms with Gasteiger partial charge in [-0.2, -0.15) is 0 Å². The summed E-state index contributed by atoms with van der Waals surface area (Å²) in [5, 5.41) is 9.56. The number of hydrogen-bond donors (Lipinski definition) is 1. The van der Waals surface area contributed by atoms with Crippen molar-refractivity contribution in [3.63, 3.8) is 0 Å². The second-order valence-electron chi connectivity index (χ2n) is 3.14. The molecule has 1 aliphatic heterocycles. The molecule has 2 heteroatoms. The van der Waals surface area contributed by atoms with Crippen LogP contribution in [0.3, 0.4) is 0 Å². The summed E-state index contributed by atoms with van der Waals surface area (Å²) in [5.41, 5.74) is -0.867. The Hall–Kier alpha value is -0.520. The minimum atomic E-state index is -0.867. The molecule has 1 aliphatic rings. The first-order valence-electron chi connectivity index (χ1n) is 3.48. The van der Waals surface area contributed by atoms with Gasteiger partial charge in [-0.25, -0.2) is 0 Å². The van der Waals surface area contributed by atoms with Gasteiger partial charge >= 0.3 is 0 Å². The van der Waals surface area contributed by atoms with Gasteiger partial charge in [0.05, 0.1) is 0 Å². The van der Waals surface area contributed by atoms with Crippen molar-refractivity contribution in [2.24, 2.45) is 0 Å². The summed E-state index contributed by atoms with van der Waals surface area (Å²) in [4.78, 5) is 2.07. The highest BCUT2D eigenvalue weighted by Crippen LogP contribution is 2.24. The Morgan fingerprint density at radius 3 is 2.60 bits per heavy atom. The van der Waals surface area contributed by atoms with Crippen LogP contribution in [-0.2, 0) is 0 Å². The number of aliphatic hydroxyl groups is 1. The van der Waals surface area contributed by atoms with E-state index in [2.05, 4.69) is 17.7 Å². The average Bonchev–Trinajstić information content (AvgIpc) is 2.10. The van der Waals surface area contributed by atoms with Gasteiger partial charge in [-0.15, -0.1) is 6.42 Å². The van der Waals surface area contributed by atoms with Gasteiger partial charge in [0, 0.05) is 19.0 Å². The Balaban J connectivity index is 2.66. The van der Waals surface area contributed by atoms with E-state index >= 15 is 0 Å². The SMILES string of the molecule is C#CC1(O)CC(C)N(C)C1. The number of β-amino-alcohol motifs (C(OH)–C–C–N with tert-alkyl or cyclic N) is 1. The molecule has 0 aliphatic carbocycles. The number of hydrogen-bond acceptors (Lipinski definition) is 2. The number of likely N-dealkylation sites (N-methyl/N-ethyl adjacent to an activating group) is 1. The Kier molecular flexibility index (Phi) is 1.72. The molecule has 1 N–H and O–H groups in total. The molecule has 0 aromatic heterocycles. The molecule has 0 bridgehead atoms. The molecule has 0 radical (unpaired) electrons. The Bertz CT molecular complexity index is 161. The molecule has 10 heavy (non-hydrogen) atoms. The molecule has 56 valence electrons. The normalized spacial score (nSPS) is 41.6. The first kappa shape index (κ1) is 7.59. The van der Waals surface area contributed by atoms with Gasteiger partial charge in [0.25, 0.3) is 0 Å². The lowest BCUT2D eigenvalue weighted by Crippen LogP contribution is -2.29. The van der Waals surface area contributed by atoms with Gasteiger partial charge in [-0.1, -0.05) is 5.92 Å². The van der Waals surface area contributed by atoms with Crippen LogP contribution in [0.2, 0.25) is 0 Å². The molecule has 0 aromatic carbocycles. The minimum Gasteiger partial charge on any atom is -0.376 e. The molecule has 2 unspecified atom stereocenters. The van der Waals surface area contributed by atoms with Crippen LogP contribution >= 0.6 is 0 Å². The molecule has 2 nitrogen and oxygen atoms in total. The zero-order valence-corrected chi connectivity index (χ0v) is 6.46. The topological polar surface area (TPSA) is 23.5 Å². The maximum absolute atomic E-state index is 9.56. The van der Waals surface area contributed by atoms with Gasteiger partial charge in [-0.05, 0) is 14.0 Å². The van der Waals surface area contributed by atoms with Crippen LogP contribution in [0, 0.1) is 12.3 Å². The summed E-state index contributed by atoms with van der Waals surface area (Å²) in [6.07, 6.45) is 5.86. The van der Waals surface area contributed by atoms with Crippen molar-refractivity contribution < 1.29 is 5.11 Å². The highest BCUT2D eigenvalue weighted by molar-refractivity contribution is 5.13. The standard InChI is InChI=1S/C8H13NO/c1-4-8(10)5-7(2)9(3)6-8/h1,7,10H,5-6H2,2-3H3. The zero-order chi connectivity index (χ0) is 7.78. The summed E-state index contributed by atoms with van der Waals surface area (Å²) in [6, 6.07) is 0.404. The van der Waals surface area contributed by atoms with E-state index in [1.807, 2.05) is 7.05 Å². The van der Waals surface area contributed by atoms with Crippen molar-refractivity contribution in [2.45, 2.75) is 25.0 Å². The highest BCUT2D eigenvalue weighted by atomic mass is 16.3. The Labute approximate surface area is 61.8 Å². The van der Waals surface area contributed by atoms with Crippen LogP contribution in [0.25, 0.3) is 0 Å². The molecule has 1 fully saturated rings. The Morgan fingerprint density at radius 2 is 2.40 bits per heavy atom. The fourth-order valence-corrected chi connectivity index (χ4v) is 1.38. The lowest BCUT2D eigenvalue weighted by atomic mass is 10.0. The van der Waals surface area contributed by atoms with Crippen molar-refractivity contribution in [1.29, 1.82) is 0 Å². The lowest BCUT2D eigenvalue weighted by molar-refractivity contribution is 0.112. The summed E-state index contributed by atoms with van der Waals surface area (Å²) in [5.74, 6) is 2.42. The van der Waals surface area contributed by atoms with Crippen molar-refractivity contribution in [3.8, 4) is 12.3 Å². The second-order valence-corrected chi connectivity index (χ2v) is 3.14. The Morgan fingerprint density at radius 1 is 1.80 bits per heavy atom. The maximum Gasteiger partial charge on any atom is 0.139 e. The zero-order valence-electron chi connectivity index (χ0n) is 6.46. The van der Waals surface area contributed by atoms with Crippen molar-refractivity contribution >= 4 is 0 Å². The molecule has 0 saturated carbocycles. The van der Waals surface area contributed by atoms with E-state index in [4.69, 9.17) is 6.42 Å². The fourth-order valence-electron chi connectivity index (χ4n) is 1.38.